The summed E-state index contributed by atoms with van der Waals surface area (Å²) >= 11 is 0. The van der Waals surface area contributed by atoms with Gasteiger partial charge >= 0.3 is 5.97 Å². The third kappa shape index (κ3) is 6.40. The van der Waals surface area contributed by atoms with Gasteiger partial charge in [0, 0.05) is 5.56 Å². The van der Waals surface area contributed by atoms with Crippen LogP contribution in [0.1, 0.15) is 57.2 Å². The minimum Gasteiger partial charge on any atom is -0.494 e. The lowest BCUT2D eigenvalue weighted by Gasteiger charge is -2.18. The molecular formula is C32H35N3O6. The zero-order chi connectivity index (χ0) is 29.7. The number of carbonyl (C=O) groups is 1. The average Bonchev–Trinajstić information content (AvgIpc) is 2.94. The molecule has 1 heterocycles. The largest absolute Gasteiger partial charge is 0.494 e. The number of hydrogen-bond acceptors (Lipinski definition) is 7. The molecule has 4 aromatic rings. The summed E-state index contributed by atoms with van der Waals surface area (Å²) < 4.78 is 18.5. The third-order valence-electron chi connectivity index (χ3n) is 6.51. The van der Waals surface area contributed by atoms with E-state index in [1.807, 2.05) is 45.0 Å². The van der Waals surface area contributed by atoms with Crippen LogP contribution in [-0.4, -0.2) is 46.3 Å². The van der Waals surface area contributed by atoms with E-state index in [0.717, 1.165) is 22.4 Å². The van der Waals surface area contributed by atoms with Crippen molar-refractivity contribution in [2.24, 2.45) is 5.10 Å². The van der Waals surface area contributed by atoms with Gasteiger partial charge in [0.1, 0.15) is 5.75 Å². The zero-order valence-electron chi connectivity index (χ0n) is 24.2. The van der Waals surface area contributed by atoms with Crippen LogP contribution in [0.5, 0.6) is 17.2 Å². The number of aliphatic carboxylic acids is 1. The Bertz CT molecular complexity index is 1660. The van der Waals surface area contributed by atoms with E-state index in [2.05, 4.69) is 18.9 Å². The van der Waals surface area contributed by atoms with Gasteiger partial charge in [-0.2, -0.15) is 9.78 Å². The molecule has 0 bridgehead atoms. The van der Waals surface area contributed by atoms with Gasteiger partial charge < -0.3 is 19.3 Å². The van der Waals surface area contributed by atoms with Crippen molar-refractivity contribution >= 4 is 23.1 Å². The maximum Gasteiger partial charge on any atom is 0.344 e. The predicted molar refractivity (Wildman–Crippen MR) is 160 cm³/mol. The summed E-state index contributed by atoms with van der Waals surface area (Å²) in [6.07, 6.45) is 0.494. The molecule has 0 aliphatic heterocycles. The molecule has 214 valence electrons. The molecule has 1 atom stereocenters. The molecule has 4 rings (SSSR count). The number of rotatable bonds is 11. The van der Waals surface area contributed by atoms with Crippen LogP contribution in [0.25, 0.3) is 22.3 Å². The number of aryl methyl sites for hydroxylation is 1. The highest BCUT2D eigenvalue weighted by atomic mass is 16.5. The average molecular weight is 558 g/mol. The van der Waals surface area contributed by atoms with E-state index in [0.29, 0.717) is 47.0 Å². The Labute approximate surface area is 239 Å². The Kier molecular flexibility index (Phi) is 9.07. The highest BCUT2D eigenvalue weighted by Crippen LogP contribution is 2.34. The molecule has 0 amide bonds. The molecule has 0 aliphatic carbocycles. The number of hydrogen-bond donors (Lipinski definition) is 1. The van der Waals surface area contributed by atoms with Gasteiger partial charge in [0.05, 0.1) is 30.3 Å². The summed E-state index contributed by atoms with van der Waals surface area (Å²) in [7, 11) is 0. The second-order valence-corrected chi connectivity index (χ2v) is 9.84. The monoisotopic (exact) mass is 557 g/mol. The summed E-state index contributed by atoms with van der Waals surface area (Å²) in [5, 5.41) is 14.3. The second kappa shape index (κ2) is 12.7. The van der Waals surface area contributed by atoms with E-state index in [1.54, 1.807) is 36.5 Å². The van der Waals surface area contributed by atoms with Crippen LogP contribution < -0.4 is 19.8 Å². The Morgan fingerprint density at radius 1 is 1.00 bits per heavy atom. The number of carboxylic acid groups (broad SMARTS) is 1. The molecule has 3 aromatic carbocycles. The van der Waals surface area contributed by atoms with Crippen molar-refractivity contribution in [3.05, 3.63) is 81.6 Å². The molecule has 0 radical (unpaired) electrons. The smallest absolute Gasteiger partial charge is 0.344 e. The van der Waals surface area contributed by atoms with Gasteiger partial charge in [-0.3, -0.25) is 4.79 Å². The van der Waals surface area contributed by atoms with Crippen LogP contribution >= 0.6 is 0 Å². The predicted octanol–water partition coefficient (Wildman–Crippen LogP) is 6.03. The van der Waals surface area contributed by atoms with Gasteiger partial charge in [0.15, 0.2) is 23.4 Å². The minimum atomic E-state index is -1.08. The third-order valence-corrected chi connectivity index (χ3v) is 6.51. The van der Waals surface area contributed by atoms with Crippen molar-refractivity contribution in [2.45, 2.75) is 53.6 Å². The first-order chi connectivity index (χ1) is 19.6. The normalized spacial score (nSPS) is 12.2. The standard InChI is InChI=1S/C32H35N3O6/c1-7-39-28-15-20(5)25(17-24(28)19(3)4)30-34-26-12-10-9-11-23(26)31(36)35(30)33-18-22-13-14-27(29(16-22)40-8-2)41-21(6)32(37)38/h9-19,21H,7-8H2,1-6H3,(H,37,38)/t21-/m0/s1. The number of carboxylic acids is 1. The van der Waals surface area contributed by atoms with Crippen LogP contribution in [0.4, 0.5) is 0 Å². The number of para-hydroxylation sites is 1. The maximum absolute atomic E-state index is 13.7. The van der Waals surface area contributed by atoms with Crippen molar-refractivity contribution in [1.82, 2.24) is 9.66 Å². The quantitative estimate of drug-likeness (QED) is 0.224. The summed E-state index contributed by atoms with van der Waals surface area (Å²) in [6, 6.07) is 16.2. The van der Waals surface area contributed by atoms with Gasteiger partial charge in [-0.05, 0) is 92.8 Å². The first-order valence-electron chi connectivity index (χ1n) is 13.6. The number of ether oxygens (including phenoxy) is 3. The molecule has 0 spiro atoms. The molecule has 9 heteroatoms. The van der Waals surface area contributed by atoms with Gasteiger partial charge in [0.25, 0.3) is 5.56 Å². The molecule has 0 aliphatic rings. The van der Waals surface area contributed by atoms with Crippen molar-refractivity contribution in [2.75, 3.05) is 13.2 Å². The van der Waals surface area contributed by atoms with Crippen molar-refractivity contribution in [1.29, 1.82) is 0 Å². The lowest BCUT2D eigenvalue weighted by Crippen LogP contribution is -2.23. The van der Waals surface area contributed by atoms with Crippen molar-refractivity contribution < 1.29 is 24.1 Å². The molecule has 41 heavy (non-hydrogen) atoms. The number of aromatic nitrogens is 2. The summed E-state index contributed by atoms with van der Waals surface area (Å²) in [5.41, 5.74) is 3.58. The topological polar surface area (TPSA) is 112 Å². The first-order valence-corrected chi connectivity index (χ1v) is 13.6. The van der Waals surface area contributed by atoms with Crippen LogP contribution in [0.15, 0.2) is 64.5 Å². The molecule has 0 unspecified atom stereocenters. The molecule has 1 N–H and O–H groups in total. The lowest BCUT2D eigenvalue weighted by atomic mass is 9.96. The fraction of sp³-hybridized carbons (Fsp3) is 0.312. The summed E-state index contributed by atoms with van der Waals surface area (Å²) in [6.45, 7) is 12.3. The second-order valence-electron chi connectivity index (χ2n) is 9.84. The van der Waals surface area contributed by atoms with Gasteiger partial charge in [-0.25, -0.2) is 9.78 Å². The van der Waals surface area contributed by atoms with Gasteiger partial charge in [-0.1, -0.05) is 26.0 Å². The van der Waals surface area contributed by atoms with E-state index in [4.69, 9.17) is 19.2 Å². The Hall–Kier alpha value is -4.66. The minimum absolute atomic E-state index is 0.182. The van der Waals surface area contributed by atoms with E-state index < -0.39 is 12.1 Å². The number of fused-ring (bicyclic) bond motifs is 1. The van der Waals surface area contributed by atoms with Crippen LogP contribution in [0.3, 0.4) is 0 Å². The zero-order valence-corrected chi connectivity index (χ0v) is 24.2. The molecule has 0 fully saturated rings. The number of nitrogens with zero attached hydrogens (tertiary/aromatic N) is 3. The number of benzene rings is 3. The van der Waals surface area contributed by atoms with Crippen molar-refractivity contribution in [3.63, 3.8) is 0 Å². The van der Waals surface area contributed by atoms with E-state index >= 15 is 0 Å². The SMILES string of the molecule is CCOc1cc(C=Nn2c(-c3cc(C(C)C)c(OCC)cc3C)nc3ccccc3c2=O)ccc1O[C@@H](C)C(=O)O. The first kappa shape index (κ1) is 29.3. The Morgan fingerprint density at radius 3 is 2.39 bits per heavy atom. The van der Waals surface area contributed by atoms with E-state index in [1.165, 1.54) is 11.6 Å². The molecule has 0 saturated carbocycles. The Balaban J connectivity index is 1.87. The fourth-order valence-corrected chi connectivity index (χ4v) is 4.41. The van der Waals surface area contributed by atoms with E-state index in [-0.39, 0.29) is 11.5 Å². The van der Waals surface area contributed by atoms with E-state index in [9.17, 15) is 14.7 Å². The summed E-state index contributed by atoms with van der Waals surface area (Å²) in [5.74, 6) is 0.992. The molecule has 9 nitrogen and oxygen atoms in total. The van der Waals surface area contributed by atoms with Crippen LogP contribution in [0.2, 0.25) is 0 Å². The lowest BCUT2D eigenvalue weighted by molar-refractivity contribution is -0.144. The molecule has 0 saturated heterocycles. The summed E-state index contributed by atoms with van der Waals surface area (Å²) in [4.78, 5) is 29.9. The van der Waals surface area contributed by atoms with Crippen LogP contribution in [-0.2, 0) is 4.79 Å². The van der Waals surface area contributed by atoms with Gasteiger partial charge in [-0.15, -0.1) is 0 Å². The van der Waals surface area contributed by atoms with Crippen molar-refractivity contribution in [3.8, 4) is 28.6 Å². The maximum atomic E-state index is 13.7. The van der Waals surface area contributed by atoms with Gasteiger partial charge in [0.2, 0.25) is 0 Å². The Morgan fingerprint density at radius 2 is 1.71 bits per heavy atom. The highest BCUT2D eigenvalue weighted by Gasteiger charge is 2.19. The molecular weight excluding hydrogens is 522 g/mol. The molecule has 1 aromatic heterocycles. The van der Waals surface area contributed by atoms with Crippen LogP contribution in [0, 0.1) is 6.92 Å². The fourth-order valence-electron chi connectivity index (χ4n) is 4.41. The highest BCUT2D eigenvalue weighted by molar-refractivity contribution is 5.83.